The molecule has 0 aromatic carbocycles. The van der Waals surface area contributed by atoms with Crippen LogP contribution in [-0.2, 0) is 9.53 Å². The molecule has 1 atom stereocenters. The van der Waals surface area contributed by atoms with Gasteiger partial charge in [0, 0.05) is 0 Å². The van der Waals surface area contributed by atoms with Gasteiger partial charge in [-0.3, -0.25) is 4.79 Å². The lowest BCUT2D eigenvalue weighted by molar-refractivity contribution is -0.144. The molecular weight excluding hydrogens is 154 g/mol. The van der Waals surface area contributed by atoms with E-state index in [1.165, 1.54) is 0 Å². The summed E-state index contributed by atoms with van der Waals surface area (Å²) in [6.45, 7) is 5.75. The van der Waals surface area contributed by atoms with Crippen LogP contribution in [0.2, 0.25) is 0 Å². The Kier molecular flexibility index (Phi) is 6.38. The normalized spacial score (nSPS) is 12.2. The summed E-state index contributed by atoms with van der Waals surface area (Å²) in [6, 6.07) is -0.468. The van der Waals surface area contributed by atoms with E-state index < -0.39 is 6.04 Å². The zero-order chi connectivity index (χ0) is 9.40. The molecule has 0 aliphatic carbocycles. The Morgan fingerprint density at radius 3 is 2.92 bits per heavy atom. The van der Waals surface area contributed by atoms with Gasteiger partial charge in [-0.15, -0.1) is 6.58 Å². The Balaban J connectivity index is 3.49. The number of esters is 1. The third-order valence-electron chi connectivity index (χ3n) is 1.51. The Morgan fingerprint density at radius 2 is 2.42 bits per heavy atom. The molecule has 70 valence electrons. The molecule has 0 rings (SSSR count). The highest BCUT2D eigenvalue weighted by Gasteiger charge is 2.12. The number of ether oxygens (including phenoxy) is 1. The van der Waals surface area contributed by atoms with E-state index in [2.05, 4.69) is 6.58 Å². The fourth-order valence-electron chi connectivity index (χ4n) is 0.849. The zero-order valence-corrected chi connectivity index (χ0v) is 7.58. The molecule has 0 aliphatic rings. The first kappa shape index (κ1) is 11.2. The summed E-state index contributed by atoms with van der Waals surface area (Å²) < 4.78 is 4.74. The van der Waals surface area contributed by atoms with Crippen LogP contribution in [0.1, 0.15) is 26.2 Å². The Labute approximate surface area is 73.6 Å². The maximum Gasteiger partial charge on any atom is 0.322 e. The molecule has 0 amide bonds. The minimum Gasteiger partial charge on any atom is -0.465 e. The van der Waals surface area contributed by atoms with Crippen molar-refractivity contribution in [1.29, 1.82) is 0 Å². The van der Waals surface area contributed by atoms with Crippen LogP contribution in [0.25, 0.3) is 0 Å². The van der Waals surface area contributed by atoms with Crippen LogP contribution < -0.4 is 5.73 Å². The van der Waals surface area contributed by atoms with Crippen LogP contribution in [0.3, 0.4) is 0 Å². The molecule has 0 spiro atoms. The van der Waals surface area contributed by atoms with Crippen LogP contribution in [0, 0.1) is 0 Å². The van der Waals surface area contributed by atoms with Crippen LogP contribution in [0.15, 0.2) is 12.7 Å². The maximum atomic E-state index is 11.0. The molecule has 0 bridgehead atoms. The van der Waals surface area contributed by atoms with Crippen molar-refractivity contribution in [3.63, 3.8) is 0 Å². The van der Waals surface area contributed by atoms with Crippen LogP contribution in [0.5, 0.6) is 0 Å². The van der Waals surface area contributed by atoms with Crippen LogP contribution in [-0.4, -0.2) is 18.6 Å². The second-order valence-electron chi connectivity index (χ2n) is 2.58. The molecule has 1 unspecified atom stereocenters. The quantitative estimate of drug-likeness (QED) is 0.371. The Hall–Kier alpha value is -0.830. The van der Waals surface area contributed by atoms with Crippen molar-refractivity contribution in [3.05, 3.63) is 12.7 Å². The summed E-state index contributed by atoms with van der Waals surface area (Å²) in [6.07, 6.45) is 4.28. The van der Waals surface area contributed by atoms with E-state index in [-0.39, 0.29) is 5.97 Å². The molecule has 3 heteroatoms. The molecule has 2 N–H and O–H groups in total. The molecule has 0 radical (unpaired) electrons. The van der Waals surface area contributed by atoms with Gasteiger partial charge >= 0.3 is 5.97 Å². The lowest BCUT2D eigenvalue weighted by Gasteiger charge is -2.08. The van der Waals surface area contributed by atoms with Crippen molar-refractivity contribution in [2.75, 3.05) is 6.61 Å². The van der Waals surface area contributed by atoms with E-state index >= 15 is 0 Å². The van der Waals surface area contributed by atoms with E-state index in [0.29, 0.717) is 13.0 Å². The van der Waals surface area contributed by atoms with Gasteiger partial charge < -0.3 is 10.5 Å². The highest BCUT2D eigenvalue weighted by atomic mass is 16.5. The summed E-state index contributed by atoms with van der Waals surface area (Å²) in [5.41, 5.74) is 5.54. The smallest absolute Gasteiger partial charge is 0.322 e. The molecule has 0 aromatic heterocycles. The monoisotopic (exact) mass is 171 g/mol. The van der Waals surface area contributed by atoms with Gasteiger partial charge in [-0.2, -0.15) is 0 Å². The number of hydrogen-bond acceptors (Lipinski definition) is 3. The first-order valence-corrected chi connectivity index (χ1v) is 4.25. The van der Waals surface area contributed by atoms with E-state index in [1.807, 2.05) is 6.08 Å². The fourth-order valence-corrected chi connectivity index (χ4v) is 0.849. The van der Waals surface area contributed by atoms with Crippen LogP contribution in [0.4, 0.5) is 0 Å². The number of allylic oxidation sites excluding steroid dienone is 1. The number of nitrogens with two attached hydrogens (primary N) is 1. The highest BCUT2D eigenvalue weighted by Crippen LogP contribution is 2.00. The molecule has 3 nitrogen and oxygen atoms in total. The molecular formula is C9H17NO2. The van der Waals surface area contributed by atoms with Crippen LogP contribution >= 0.6 is 0 Å². The summed E-state index contributed by atoms with van der Waals surface area (Å²) in [7, 11) is 0. The van der Waals surface area contributed by atoms with E-state index in [0.717, 1.165) is 12.8 Å². The minimum absolute atomic E-state index is 0.304. The highest BCUT2D eigenvalue weighted by molar-refractivity contribution is 5.75. The molecule has 0 aliphatic heterocycles. The van der Waals surface area contributed by atoms with Gasteiger partial charge in [-0.25, -0.2) is 0 Å². The average molecular weight is 171 g/mol. The minimum atomic E-state index is -0.468. The molecule has 0 heterocycles. The van der Waals surface area contributed by atoms with E-state index in [1.54, 1.807) is 6.92 Å². The third kappa shape index (κ3) is 4.91. The summed E-state index contributed by atoms with van der Waals surface area (Å²) in [5, 5.41) is 0. The van der Waals surface area contributed by atoms with E-state index in [9.17, 15) is 4.79 Å². The standard InChI is InChI=1S/C9H17NO2/c1-3-5-6-7-8(10)9(11)12-4-2/h3,8H,1,4-7,10H2,2H3. The van der Waals surface area contributed by atoms with E-state index in [4.69, 9.17) is 10.5 Å². The van der Waals surface area contributed by atoms with Crippen molar-refractivity contribution < 1.29 is 9.53 Å². The number of hydrogen-bond donors (Lipinski definition) is 1. The van der Waals surface area contributed by atoms with Gasteiger partial charge in [-0.05, 0) is 26.2 Å². The van der Waals surface area contributed by atoms with Gasteiger partial charge in [0.15, 0.2) is 0 Å². The largest absolute Gasteiger partial charge is 0.465 e. The fraction of sp³-hybridized carbons (Fsp3) is 0.667. The first-order valence-electron chi connectivity index (χ1n) is 4.25. The predicted molar refractivity (Wildman–Crippen MR) is 48.7 cm³/mol. The van der Waals surface area contributed by atoms with Crippen molar-refractivity contribution in [3.8, 4) is 0 Å². The Morgan fingerprint density at radius 1 is 1.75 bits per heavy atom. The van der Waals surface area contributed by atoms with Gasteiger partial charge in [-0.1, -0.05) is 6.08 Å². The summed E-state index contributed by atoms with van der Waals surface area (Å²) >= 11 is 0. The van der Waals surface area contributed by atoms with Crippen molar-refractivity contribution in [2.24, 2.45) is 5.73 Å². The molecule has 0 saturated carbocycles. The summed E-state index contributed by atoms with van der Waals surface area (Å²) in [4.78, 5) is 11.0. The number of rotatable bonds is 6. The van der Waals surface area contributed by atoms with Crippen molar-refractivity contribution >= 4 is 5.97 Å². The molecule has 12 heavy (non-hydrogen) atoms. The predicted octanol–water partition coefficient (Wildman–Crippen LogP) is 1.23. The second kappa shape index (κ2) is 6.85. The topological polar surface area (TPSA) is 52.3 Å². The molecule has 0 saturated heterocycles. The maximum absolute atomic E-state index is 11.0. The average Bonchev–Trinajstić information content (AvgIpc) is 2.05. The SMILES string of the molecule is C=CCCCC(N)C(=O)OCC. The zero-order valence-electron chi connectivity index (χ0n) is 7.58. The number of carbonyl (C=O) groups is 1. The van der Waals surface area contributed by atoms with Gasteiger partial charge in [0.1, 0.15) is 6.04 Å². The van der Waals surface area contributed by atoms with Crippen molar-refractivity contribution in [2.45, 2.75) is 32.2 Å². The summed E-state index contributed by atoms with van der Waals surface area (Å²) in [5.74, 6) is -0.304. The third-order valence-corrected chi connectivity index (χ3v) is 1.51. The first-order chi connectivity index (χ1) is 5.72. The van der Waals surface area contributed by atoms with Gasteiger partial charge in [0.05, 0.1) is 6.61 Å². The lowest BCUT2D eigenvalue weighted by Crippen LogP contribution is -2.32. The van der Waals surface area contributed by atoms with Gasteiger partial charge in [0.2, 0.25) is 0 Å². The number of carbonyl (C=O) groups excluding carboxylic acids is 1. The number of unbranched alkanes of at least 4 members (excludes halogenated alkanes) is 1. The molecule has 0 fully saturated rings. The Bertz CT molecular complexity index is 145. The second-order valence-corrected chi connectivity index (χ2v) is 2.58. The van der Waals surface area contributed by atoms with Crippen molar-refractivity contribution in [1.82, 2.24) is 0 Å². The molecule has 0 aromatic rings. The van der Waals surface area contributed by atoms with Gasteiger partial charge in [0.25, 0.3) is 0 Å². The lowest BCUT2D eigenvalue weighted by atomic mass is 10.1.